The Morgan fingerprint density at radius 1 is 1.09 bits per heavy atom. The highest BCUT2D eigenvalue weighted by Gasteiger charge is 2.36. The SMILES string of the molecule is CCc1nn2c(c1-c1ccc(OC)cc1)NC(=O)C2CC(=O)Nc1cccc2ccccc12. The van der Waals surface area contributed by atoms with Crippen LogP contribution in [-0.2, 0) is 16.0 Å². The van der Waals surface area contributed by atoms with Crippen molar-refractivity contribution in [3.63, 3.8) is 0 Å². The van der Waals surface area contributed by atoms with Gasteiger partial charge in [0.25, 0.3) is 5.91 Å². The van der Waals surface area contributed by atoms with E-state index < -0.39 is 6.04 Å². The van der Waals surface area contributed by atoms with Gasteiger partial charge in [-0.1, -0.05) is 55.5 Å². The smallest absolute Gasteiger partial charge is 0.251 e. The maximum absolute atomic E-state index is 12.9. The van der Waals surface area contributed by atoms with Crippen molar-refractivity contribution in [2.75, 3.05) is 17.7 Å². The second-order valence-electron chi connectivity index (χ2n) is 7.98. The normalized spacial score (nSPS) is 14.7. The van der Waals surface area contributed by atoms with Gasteiger partial charge in [-0.3, -0.25) is 9.59 Å². The molecule has 2 N–H and O–H groups in total. The van der Waals surface area contributed by atoms with Crippen LogP contribution in [0.15, 0.2) is 66.7 Å². The third kappa shape index (κ3) is 3.71. The molecule has 7 nitrogen and oxygen atoms in total. The predicted molar refractivity (Wildman–Crippen MR) is 128 cm³/mol. The number of aryl methyl sites for hydroxylation is 1. The number of benzene rings is 3. The molecule has 0 radical (unpaired) electrons. The molecule has 3 aromatic carbocycles. The highest BCUT2D eigenvalue weighted by atomic mass is 16.5. The number of amides is 2. The lowest BCUT2D eigenvalue weighted by molar-refractivity contribution is -0.123. The van der Waals surface area contributed by atoms with Crippen molar-refractivity contribution in [1.82, 2.24) is 9.78 Å². The van der Waals surface area contributed by atoms with Gasteiger partial charge in [-0.25, -0.2) is 4.68 Å². The van der Waals surface area contributed by atoms with E-state index in [9.17, 15) is 9.59 Å². The monoisotopic (exact) mass is 440 g/mol. The predicted octanol–water partition coefficient (Wildman–Crippen LogP) is 4.80. The van der Waals surface area contributed by atoms with Crippen molar-refractivity contribution in [1.29, 1.82) is 0 Å². The van der Waals surface area contributed by atoms with Crippen LogP contribution in [0.25, 0.3) is 21.9 Å². The van der Waals surface area contributed by atoms with Gasteiger partial charge < -0.3 is 15.4 Å². The van der Waals surface area contributed by atoms with Crippen LogP contribution in [-0.4, -0.2) is 28.7 Å². The number of ether oxygens (including phenoxy) is 1. The zero-order chi connectivity index (χ0) is 22.9. The summed E-state index contributed by atoms with van der Waals surface area (Å²) in [6.07, 6.45) is 0.696. The zero-order valence-corrected chi connectivity index (χ0v) is 18.5. The number of nitrogens with one attached hydrogen (secondary N) is 2. The summed E-state index contributed by atoms with van der Waals surface area (Å²) in [5, 5.41) is 12.6. The van der Waals surface area contributed by atoms with E-state index in [4.69, 9.17) is 9.84 Å². The fraction of sp³-hybridized carbons (Fsp3) is 0.192. The molecule has 0 spiro atoms. The topological polar surface area (TPSA) is 85.2 Å². The molecule has 1 aliphatic rings. The van der Waals surface area contributed by atoms with Crippen molar-refractivity contribution < 1.29 is 14.3 Å². The van der Waals surface area contributed by atoms with E-state index in [2.05, 4.69) is 10.6 Å². The van der Waals surface area contributed by atoms with Gasteiger partial charge in [-0.05, 0) is 35.6 Å². The number of hydrogen-bond donors (Lipinski definition) is 2. The summed E-state index contributed by atoms with van der Waals surface area (Å²) in [6, 6.07) is 20.6. The van der Waals surface area contributed by atoms with Gasteiger partial charge >= 0.3 is 0 Å². The van der Waals surface area contributed by atoms with Crippen molar-refractivity contribution in [3.05, 3.63) is 72.4 Å². The van der Waals surface area contributed by atoms with Gasteiger partial charge in [0, 0.05) is 16.6 Å². The Morgan fingerprint density at radius 3 is 2.61 bits per heavy atom. The van der Waals surface area contributed by atoms with Crippen LogP contribution >= 0.6 is 0 Å². The summed E-state index contributed by atoms with van der Waals surface area (Å²) in [6.45, 7) is 2.02. The van der Waals surface area contributed by atoms with E-state index in [0.717, 1.165) is 39.0 Å². The van der Waals surface area contributed by atoms with E-state index in [-0.39, 0.29) is 18.2 Å². The summed E-state index contributed by atoms with van der Waals surface area (Å²) in [4.78, 5) is 25.7. The molecule has 166 valence electrons. The van der Waals surface area contributed by atoms with Crippen LogP contribution in [0, 0.1) is 0 Å². The highest BCUT2D eigenvalue weighted by Crippen LogP contribution is 2.39. The molecule has 0 fully saturated rings. The van der Waals surface area contributed by atoms with Crippen molar-refractivity contribution >= 4 is 34.1 Å². The van der Waals surface area contributed by atoms with Crippen LogP contribution in [0.4, 0.5) is 11.5 Å². The number of carbonyl (C=O) groups excluding carboxylic acids is 2. The van der Waals surface area contributed by atoms with Gasteiger partial charge in [0.05, 0.1) is 19.2 Å². The zero-order valence-electron chi connectivity index (χ0n) is 18.5. The Hall–Kier alpha value is -4.13. The minimum Gasteiger partial charge on any atom is -0.497 e. The minimum absolute atomic E-state index is 0.00502. The maximum Gasteiger partial charge on any atom is 0.251 e. The molecule has 7 heteroatoms. The molecular formula is C26H24N4O3. The Bertz CT molecular complexity index is 1350. The van der Waals surface area contributed by atoms with Gasteiger partial charge in [0.1, 0.15) is 17.6 Å². The largest absolute Gasteiger partial charge is 0.497 e. The summed E-state index contributed by atoms with van der Waals surface area (Å²) >= 11 is 0. The third-order valence-corrected chi connectivity index (χ3v) is 5.98. The first kappa shape index (κ1) is 20.8. The van der Waals surface area contributed by atoms with E-state index >= 15 is 0 Å². The number of hydrogen-bond acceptors (Lipinski definition) is 4. The molecule has 0 saturated heterocycles. The molecule has 1 atom stereocenters. The fourth-order valence-corrected chi connectivity index (χ4v) is 4.34. The van der Waals surface area contributed by atoms with Gasteiger partial charge in [0.2, 0.25) is 5.91 Å². The highest BCUT2D eigenvalue weighted by molar-refractivity contribution is 6.06. The molecule has 4 aromatic rings. The quantitative estimate of drug-likeness (QED) is 0.451. The average Bonchev–Trinajstić information content (AvgIpc) is 3.34. The fourth-order valence-electron chi connectivity index (χ4n) is 4.34. The minimum atomic E-state index is -0.702. The van der Waals surface area contributed by atoms with Gasteiger partial charge in [-0.2, -0.15) is 5.10 Å². The third-order valence-electron chi connectivity index (χ3n) is 5.98. The molecule has 33 heavy (non-hydrogen) atoms. The van der Waals surface area contributed by atoms with Crippen LogP contribution in [0.3, 0.4) is 0 Å². The Morgan fingerprint density at radius 2 is 1.85 bits per heavy atom. The molecule has 2 heterocycles. The molecule has 0 bridgehead atoms. The lowest BCUT2D eigenvalue weighted by Gasteiger charge is -2.12. The van der Waals surface area contributed by atoms with Crippen molar-refractivity contribution in [2.24, 2.45) is 0 Å². The Labute approximate surface area is 191 Å². The number of methoxy groups -OCH3 is 1. The molecule has 5 rings (SSSR count). The van der Waals surface area contributed by atoms with Crippen LogP contribution in [0.2, 0.25) is 0 Å². The summed E-state index contributed by atoms with van der Waals surface area (Å²) in [5.74, 6) is 0.916. The summed E-state index contributed by atoms with van der Waals surface area (Å²) in [5.41, 5.74) is 3.42. The Kier molecular flexibility index (Phi) is 5.30. The lowest BCUT2D eigenvalue weighted by atomic mass is 10.0. The molecule has 1 unspecified atom stereocenters. The molecule has 1 aliphatic heterocycles. The Balaban J connectivity index is 1.42. The number of aromatic nitrogens is 2. The number of nitrogens with zero attached hydrogens (tertiary/aromatic N) is 2. The van der Waals surface area contributed by atoms with E-state index in [0.29, 0.717) is 12.2 Å². The lowest BCUT2D eigenvalue weighted by Crippen LogP contribution is -2.24. The van der Waals surface area contributed by atoms with Crippen LogP contribution in [0.1, 0.15) is 25.1 Å². The maximum atomic E-state index is 12.9. The first-order valence-electron chi connectivity index (χ1n) is 10.9. The van der Waals surface area contributed by atoms with Gasteiger partial charge in [0.15, 0.2) is 0 Å². The van der Waals surface area contributed by atoms with Crippen molar-refractivity contribution in [2.45, 2.75) is 25.8 Å². The van der Waals surface area contributed by atoms with Crippen molar-refractivity contribution in [3.8, 4) is 16.9 Å². The number of anilines is 2. The average molecular weight is 441 g/mol. The second-order valence-corrected chi connectivity index (χ2v) is 7.98. The molecular weight excluding hydrogens is 416 g/mol. The van der Waals surface area contributed by atoms with E-state index in [1.807, 2.05) is 73.7 Å². The number of carbonyl (C=O) groups is 2. The summed E-state index contributed by atoms with van der Waals surface area (Å²) in [7, 11) is 1.62. The molecule has 0 saturated carbocycles. The van der Waals surface area contributed by atoms with Crippen LogP contribution < -0.4 is 15.4 Å². The van der Waals surface area contributed by atoms with E-state index in [1.165, 1.54) is 0 Å². The first-order chi connectivity index (χ1) is 16.1. The molecule has 1 aromatic heterocycles. The number of fused-ring (bicyclic) bond motifs is 2. The van der Waals surface area contributed by atoms with Crippen LogP contribution in [0.5, 0.6) is 5.75 Å². The summed E-state index contributed by atoms with van der Waals surface area (Å²) < 4.78 is 6.91. The second kappa shape index (κ2) is 8.43. The first-order valence-corrected chi connectivity index (χ1v) is 10.9. The molecule has 0 aliphatic carbocycles. The van der Waals surface area contributed by atoms with E-state index in [1.54, 1.807) is 11.8 Å². The number of rotatable bonds is 6. The standard InChI is InChI=1S/C26H24N4O3/c1-3-20-24(17-11-13-18(33-2)14-12-17)25-28-26(32)22(30(25)29-20)15-23(31)27-21-10-6-8-16-7-4-5-9-19(16)21/h4-14,22H,3,15H2,1-2H3,(H,27,31)(H,28,32). The molecule has 2 amide bonds. The van der Waals surface area contributed by atoms with Gasteiger partial charge in [-0.15, -0.1) is 0 Å².